The summed E-state index contributed by atoms with van der Waals surface area (Å²) in [5, 5.41) is 5.64. The van der Waals surface area contributed by atoms with E-state index in [0.29, 0.717) is 25.1 Å². The monoisotopic (exact) mass is 357 g/mol. The minimum Gasteiger partial charge on any atom is -0.373 e. The first-order chi connectivity index (χ1) is 12.6. The Morgan fingerprint density at radius 3 is 2.69 bits per heavy atom. The van der Waals surface area contributed by atoms with Gasteiger partial charge in [-0.25, -0.2) is 0 Å². The molecule has 2 N–H and O–H groups in total. The Bertz CT molecular complexity index is 742. The first kappa shape index (κ1) is 17.2. The lowest BCUT2D eigenvalue weighted by Crippen LogP contribution is -2.52. The fourth-order valence-corrected chi connectivity index (χ4v) is 3.89. The van der Waals surface area contributed by atoms with E-state index >= 15 is 0 Å². The van der Waals surface area contributed by atoms with E-state index in [1.165, 1.54) is 0 Å². The summed E-state index contributed by atoms with van der Waals surface area (Å²) in [6.45, 7) is 2.92. The summed E-state index contributed by atoms with van der Waals surface area (Å²) in [5.74, 6) is -0.787. The summed E-state index contributed by atoms with van der Waals surface area (Å²) in [7, 11) is 0. The molecule has 1 aromatic carbocycles. The molecule has 1 aromatic rings. The van der Waals surface area contributed by atoms with Gasteiger partial charge >= 0.3 is 0 Å². The summed E-state index contributed by atoms with van der Waals surface area (Å²) in [6, 6.07) is 5.18. The second kappa shape index (κ2) is 7.17. The zero-order chi connectivity index (χ0) is 18.1. The van der Waals surface area contributed by atoms with Gasteiger partial charge in [0, 0.05) is 18.5 Å². The molecule has 0 aromatic heterocycles. The van der Waals surface area contributed by atoms with E-state index < -0.39 is 6.04 Å². The highest BCUT2D eigenvalue weighted by molar-refractivity contribution is 6.05. The predicted molar refractivity (Wildman–Crippen MR) is 93.2 cm³/mol. The molecule has 0 saturated carbocycles. The number of nitrogens with zero attached hydrogens (tertiary/aromatic N) is 1. The molecular weight excluding hydrogens is 334 g/mol. The van der Waals surface area contributed by atoms with Gasteiger partial charge in [0.1, 0.15) is 6.04 Å². The van der Waals surface area contributed by atoms with Crippen LogP contribution in [0.5, 0.6) is 0 Å². The van der Waals surface area contributed by atoms with Crippen molar-refractivity contribution in [2.45, 2.75) is 51.0 Å². The molecule has 1 unspecified atom stereocenters. The number of carbonyl (C=O) groups excluding carboxylic acids is 3. The fourth-order valence-electron chi connectivity index (χ4n) is 3.89. The van der Waals surface area contributed by atoms with Crippen molar-refractivity contribution in [1.29, 1.82) is 0 Å². The summed E-state index contributed by atoms with van der Waals surface area (Å²) in [5.41, 5.74) is 2.60. The third kappa shape index (κ3) is 3.37. The van der Waals surface area contributed by atoms with Crippen LogP contribution in [0.15, 0.2) is 18.2 Å². The van der Waals surface area contributed by atoms with Gasteiger partial charge in [0.2, 0.25) is 11.8 Å². The smallest absolute Gasteiger partial charge is 0.255 e. The Kier molecular flexibility index (Phi) is 4.74. The molecule has 1 atom stereocenters. The summed E-state index contributed by atoms with van der Waals surface area (Å²) >= 11 is 0. The second-order valence-corrected chi connectivity index (χ2v) is 7.15. The minimum absolute atomic E-state index is 0.139. The van der Waals surface area contributed by atoms with Crippen LogP contribution in [0.3, 0.4) is 0 Å². The number of hydrogen-bond acceptors (Lipinski definition) is 5. The van der Waals surface area contributed by atoms with Crippen LogP contribution in [-0.4, -0.2) is 47.9 Å². The summed E-state index contributed by atoms with van der Waals surface area (Å²) in [6.07, 6.45) is 2.98. The molecule has 2 fully saturated rings. The molecule has 0 radical (unpaired) electrons. The normalized spacial score (nSPS) is 23.9. The number of imide groups is 1. The molecule has 3 aliphatic rings. The van der Waals surface area contributed by atoms with Gasteiger partial charge in [0.05, 0.1) is 12.7 Å². The Morgan fingerprint density at radius 2 is 1.92 bits per heavy atom. The first-order valence-electron chi connectivity index (χ1n) is 9.20. The van der Waals surface area contributed by atoms with E-state index in [4.69, 9.17) is 4.74 Å². The van der Waals surface area contributed by atoms with Crippen LogP contribution in [-0.2, 0) is 27.5 Å². The topological polar surface area (TPSA) is 87.7 Å². The van der Waals surface area contributed by atoms with Crippen LogP contribution in [0.2, 0.25) is 0 Å². The van der Waals surface area contributed by atoms with Crippen LogP contribution < -0.4 is 10.6 Å². The fraction of sp³-hybridized carbons (Fsp3) is 0.526. The van der Waals surface area contributed by atoms with E-state index in [0.717, 1.165) is 37.1 Å². The molecule has 26 heavy (non-hydrogen) atoms. The highest BCUT2D eigenvalue weighted by atomic mass is 16.5. The standard InChI is InChI=1S/C19H23N3O4/c23-17-4-3-16(18(24)21-17)22-10-13-9-12(1-2-15(13)19(22)25)11-26-14-5-7-20-8-6-14/h1-2,9,14,16,20H,3-8,10-11H2,(H,21,23,24). The molecule has 3 heterocycles. The molecule has 138 valence electrons. The van der Waals surface area contributed by atoms with E-state index in [9.17, 15) is 14.4 Å². The van der Waals surface area contributed by atoms with Crippen LogP contribution in [0.1, 0.15) is 47.2 Å². The Hall–Kier alpha value is -2.25. The van der Waals surface area contributed by atoms with Crippen molar-refractivity contribution < 1.29 is 19.1 Å². The lowest BCUT2D eigenvalue weighted by atomic mass is 10.0. The predicted octanol–water partition coefficient (Wildman–Crippen LogP) is 0.716. The van der Waals surface area contributed by atoms with Crippen molar-refractivity contribution in [2.75, 3.05) is 13.1 Å². The maximum atomic E-state index is 12.7. The number of ether oxygens (including phenoxy) is 1. The minimum atomic E-state index is -0.568. The van der Waals surface area contributed by atoms with Crippen molar-refractivity contribution in [1.82, 2.24) is 15.5 Å². The molecule has 3 amide bonds. The van der Waals surface area contributed by atoms with Crippen molar-refractivity contribution in [3.05, 3.63) is 34.9 Å². The highest BCUT2D eigenvalue weighted by Crippen LogP contribution is 2.28. The quantitative estimate of drug-likeness (QED) is 0.775. The van der Waals surface area contributed by atoms with Crippen LogP contribution in [0.25, 0.3) is 0 Å². The molecule has 7 nitrogen and oxygen atoms in total. The SMILES string of the molecule is O=C1CCC(N2Cc3cc(COC4CCNCC4)ccc3C2=O)C(=O)N1. The van der Waals surface area contributed by atoms with Crippen molar-refractivity contribution in [2.24, 2.45) is 0 Å². The number of benzene rings is 1. The lowest BCUT2D eigenvalue weighted by Gasteiger charge is -2.29. The number of piperidine rings is 2. The molecule has 3 aliphatic heterocycles. The number of hydrogen-bond donors (Lipinski definition) is 2. The van der Waals surface area contributed by atoms with Gasteiger partial charge < -0.3 is 15.0 Å². The van der Waals surface area contributed by atoms with Gasteiger partial charge in [-0.1, -0.05) is 12.1 Å². The molecular formula is C19H23N3O4. The van der Waals surface area contributed by atoms with Crippen LogP contribution in [0.4, 0.5) is 0 Å². The van der Waals surface area contributed by atoms with Gasteiger partial charge in [-0.05, 0) is 49.5 Å². The lowest BCUT2D eigenvalue weighted by molar-refractivity contribution is -0.136. The van der Waals surface area contributed by atoms with E-state index in [1.54, 1.807) is 4.90 Å². The number of carbonyl (C=O) groups is 3. The van der Waals surface area contributed by atoms with Crippen LogP contribution in [0, 0.1) is 0 Å². The van der Waals surface area contributed by atoms with Crippen LogP contribution >= 0.6 is 0 Å². The zero-order valence-electron chi connectivity index (χ0n) is 14.6. The molecule has 4 rings (SSSR count). The third-order valence-corrected chi connectivity index (χ3v) is 5.36. The third-order valence-electron chi connectivity index (χ3n) is 5.36. The Balaban J connectivity index is 1.43. The first-order valence-corrected chi connectivity index (χ1v) is 9.20. The van der Waals surface area contributed by atoms with Crippen molar-refractivity contribution in [3.63, 3.8) is 0 Å². The van der Waals surface area contributed by atoms with Gasteiger partial charge in [-0.3, -0.25) is 19.7 Å². The number of rotatable bonds is 4. The average Bonchev–Trinajstić information content (AvgIpc) is 2.97. The van der Waals surface area contributed by atoms with Gasteiger partial charge in [0.15, 0.2) is 0 Å². The van der Waals surface area contributed by atoms with Gasteiger partial charge in [-0.15, -0.1) is 0 Å². The maximum Gasteiger partial charge on any atom is 0.255 e. The molecule has 0 spiro atoms. The summed E-state index contributed by atoms with van der Waals surface area (Å²) in [4.78, 5) is 37.6. The van der Waals surface area contributed by atoms with E-state index in [1.807, 2.05) is 18.2 Å². The number of nitrogens with one attached hydrogen (secondary N) is 2. The Morgan fingerprint density at radius 1 is 1.12 bits per heavy atom. The molecule has 0 bridgehead atoms. The van der Waals surface area contributed by atoms with Crippen molar-refractivity contribution in [3.8, 4) is 0 Å². The van der Waals surface area contributed by atoms with Crippen molar-refractivity contribution >= 4 is 17.7 Å². The van der Waals surface area contributed by atoms with Gasteiger partial charge in [-0.2, -0.15) is 0 Å². The molecule has 0 aliphatic carbocycles. The molecule has 7 heteroatoms. The largest absolute Gasteiger partial charge is 0.373 e. The van der Waals surface area contributed by atoms with E-state index in [2.05, 4.69) is 10.6 Å². The zero-order valence-corrected chi connectivity index (χ0v) is 14.6. The maximum absolute atomic E-state index is 12.7. The molecule has 2 saturated heterocycles. The Labute approximate surface area is 152 Å². The number of amides is 3. The highest BCUT2D eigenvalue weighted by Gasteiger charge is 2.39. The average molecular weight is 357 g/mol. The summed E-state index contributed by atoms with van der Waals surface area (Å²) < 4.78 is 5.99. The van der Waals surface area contributed by atoms with Gasteiger partial charge in [0.25, 0.3) is 5.91 Å². The van der Waals surface area contributed by atoms with E-state index in [-0.39, 0.29) is 30.2 Å². The second-order valence-electron chi connectivity index (χ2n) is 7.15. The number of fused-ring (bicyclic) bond motifs is 1.